The van der Waals surface area contributed by atoms with E-state index in [0.717, 1.165) is 5.56 Å². The molecule has 3 N–H and O–H groups in total. The molecule has 3 heteroatoms. The number of halogens is 1. The summed E-state index contributed by atoms with van der Waals surface area (Å²) >= 11 is 0. The lowest BCUT2D eigenvalue weighted by Crippen LogP contribution is -2.32. The van der Waals surface area contributed by atoms with E-state index in [1.54, 1.807) is 0 Å². The summed E-state index contributed by atoms with van der Waals surface area (Å²) in [4.78, 5) is 0. The molecular weight excluding hydrogens is 222 g/mol. The second kappa shape index (κ2) is 5.67. The van der Waals surface area contributed by atoms with Gasteiger partial charge in [-0.25, -0.2) is 0 Å². The molecule has 0 spiro atoms. The molecule has 0 aliphatic heterocycles. The van der Waals surface area contributed by atoms with Crippen LogP contribution in [0.5, 0.6) is 0 Å². The zero-order valence-electron chi connectivity index (χ0n) is 10.4. The molecule has 0 aliphatic carbocycles. The smallest absolute Gasteiger partial charge is 0.0500 e. The molecule has 0 bridgehead atoms. The summed E-state index contributed by atoms with van der Waals surface area (Å²) in [6.45, 7) is 8.22. The summed E-state index contributed by atoms with van der Waals surface area (Å²) in [6.07, 6.45) is 0. The van der Waals surface area contributed by atoms with E-state index in [-0.39, 0.29) is 30.5 Å². The third-order valence-electron chi connectivity index (χ3n) is 3.14. The maximum atomic E-state index is 9.27. The summed E-state index contributed by atoms with van der Waals surface area (Å²) in [7, 11) is 0. The highest BCUT2D eigenvalue weighted by Crippen LogP contribution is 2.31. The van der Waals surface area contributed by atoms with Crippen molar-refractivity contribution in [3.63, 3.8) is 0 Å². The van der Waals surface area contributed by atoms with Gasteiger partial charge in [0.25, 0.3) is 0 Å². The monoisotopic (exact) mass is 243 g/mol. The zero-order valence-corrected chi connectivity index (χ0v) is 11.3. The molecule has 0 fully saturated rings. The summed E-state index contributed by atoms with van der Waals surface area (Å²) in [5.41, 5.74) is 9.48. The highest BCUT2D eigenvalue weighted by atomic mass is 35.5. The van der Waals surface area contributed by atoms with Gasteiger partial charge in [-0.1, -0.05) is 32.0 Å². The topological polar surface area (TPSA) is 46.2 Å². The number of nitrogens with two attached hydrogens (primary N) is 1. The average molecular weight is 244 g/mol. The summed E-state index contributed by atoms with van der Waals surface area (Å²) < 4.78 is 0. The van der Waals surface area contributed by atoms with E-state index in [4.69, 9.17) is 5.73 Å². The second-order valence-corrected chi connectivity index (χ2v) is 4.97. The van der Waals surface area contributed by atoms with E-state index in [1.807, 2.05) is 19.9 Å². The van der Waals surface area contributed by atoms with Gasteiger partial charge in [-0.05, 0) is 30.5 Å². The molecule has 0 aliphatic rings. The number of hydrogen-bond donors (Lipinski definition) is 2. The molecule has 0 saturated heterocycles. The summed E-state index contributed by atoms with van der Waals surface area (Å²) in [5.74, 6) is 0. The first-order valence-electron chi connectivity index (χ1n) is 5.32. The van der Waals surface area contributed by atoms with Crippen molar-refractivity contribution in [3.05, 3.63) is 34.9 Å². The van der Waals surface area contributed by atoms with Gasteiger partial charge in [-0.2, -0.15) is 0 Å². The van der Waals surface area contributed by atoms with Crippen LogP contribution in [0.4, 0.5) is 0 Å². The SMILES string of the molecule is Cc1ccc([C@H](N)C(C)(C)CO)cc1C.Cl. The predicted octanol–water partition coefficient (Wildman–Crippen LogP) is 2.74. The van der Waals surface area contributed by atoms with Crippen molar-refractivity contribution in [1.29, 1.82) is 0 Å². The van der Waals surface area contributed by atoms with Crippen LogP contribution in [0.1, 0.15) is 36.6 Å². The van der Waals surface area contributed by atoms with Crippen LogP contribution in [0, 0.1) is 19.3 Å². The lowest BCUT2D eigenvalue weighted by atomic mass is 9.81. The first-order valence-corrected chi connectivity index (χ1v) is 5.32. The summed E-state index contributed by atoms with van der Waals surface area (Å²) in [5, 5.41) is 9.27. The van der Waals surface area contributed by atoms with E-state index in [2.05, 4.69) is 26.0 Å². The molecule has 1 atom stereocenters. The molecule has 16 heavy (non-hydrogen) atoms. The Kier molecular flexibility index (Phi) is 5.47. The minimum absolute atomic E-state index is 0. The fourth-order valence-corrected chi connectivity index (χ4v) is 1.51. The first kappa shape index (κ1) is 15.4. The Bertz CT molecular complexity index is 350. The van der Waals surface area contributed by atoms with Crippen molar-refractivity contribution < 1.29 is 5.11 Å². The number of aliphatic hydroxyl groups excluding tert-OH is 1. The number of aryl methyl sites for hydroxylation is 2. The minimum atomic E-state index is -0.276. The lowest BCUT2D eigenvalue weighted by Gasteiger charge is -2.30. The number of benzene rings is 1. The van der Waals surface area contributed by atoms with E-state index in [9.17, 15) is 5.11 Å². The van der Waals surface area contributed by atoms with Crippen LogP contribution in [0.25, 0.3) is 0 Å². The van der Waals surface area contributed by atoms with E-state index >= 15 is 0 Å². The van der Waals surface area contributed by atoms with Gasteiger partial charge >= 0.3 is 0 Å². The van der Waals surface area contributed by atoms with Crippen molar-refractivity contribution in [1.82, 2.24) is 0 Å². The third kappa shape index (κ3) is 3.21. The molecular formula is C13H22ClNO. The van der Waals surface area contributed by atoms with Crippen molar-refractivity contribution in [2.24, 2.45) is 11.1 Å². The van der Waals surface area contributed by atoms with Crippen LogP contribution in [0.15, 0.2) is 18.2 Å². The van der Waals surface area contributed by atoms with Crippen LogP contribution in [-0.4, -0.2) is 11.7 Å². The number of hydrogen-bond acceptors (Lipinski definition) is 2. The Morgan fingerprint density at radius 1 is 1.25 bits per heavy atom. The highest BCUT2D eigenvalue weighted by Gasteiger charge is 2.26. The number of rotatable bonds is 3. The van der Waals surface area contributed by atoms with Gasteiger partial charge in [0.15, 0.2) is 0 Å². The quantitative estimate of drug-likeness (QED) is 0.858. The van der Waals surface area contributed by atoms with Gasteiger partial charge in [0.05, 0.1) is 0 Å². The van der Waals surface area contributed by atoms with Crippen LogP contribution in [0.2, 0.25) is 0 Å². The molecule has 2 nitrogen and oxygen atoms in total. The van der Waals surface area contributed by atoms with Crippen LogP contribution < -0.4 is 5.73 Å². The largest absolute Gasteiger partial charge is 0.396 e. The Labute approximate surface area is 104 Å². The predicted molar refractivity (Wildman–Crippen MR) is 71.0 cm³/mol. The van der Waals surface area contributed by atoms with Crippen molar-refractivity contribution >= 4 is 12.4 Å². The van der Waals surface area contributed by atoms with Gasteiger partial charge in [0.1, 0.15) is 0 Å². The molecule has 0 radical (unpaired) electrons. The zero-order chi connectivity index (χ0) is 11.6. The van der Waals surface area contributed by atoms with Crippen molar-refractivity contribution in [3.8, 4) is 0 Å². The standard InChI is InChI=1S/C13H21NO.ClH/c1-9-5-6-11(7-10(9)2)12(14)13(3,4)8-15;/h5-7,12,15H,8,14H2,1-4H3;1H/t12-;/m0./s1. The Hall–Kier alpha value is -0.570. The Balaban J connectivity index is 0.00000225. The average Bonchev–Trinajstić information content (AvgIpc) is 2.21. The van der Waals surface area contributed by atoms with E-state index in [1.165, 1.54) is 11.1 Å². The normalized spacial score (nSPS) is 13.1. The maximum absolute atomic E-state index is 9.27. The van der Waals surface area contributed by atoms with E-state index < -0.39 is 0 Å². The molecule has 1 rings (SSSR count). The van der Waals surface area contributed by atoms with Gasteiger partial charge in [-0.3, -0.25) is 0 Å². The fourth-order valence-electron chi connectivity index (χ4n) is 1.51. The number of aliphatic hydroxyl groups is 1. The first-order chi connectivity index (χ1) is 6.88. The molecule has 0 heterocycles. The van der Waals surface area contributed by atoms with Crippen molar-refractivity contribution in [2.45, 2.75) is 33.7 Å². The summed E-state index contributed by atoms with van der Waals surface area (Å²) in [6, 6.07) is 6.11. The molecule has 1 aromatic carbocycles. The fraction of sp³-hybridized carbons (Fsp3) is 0.538. The van der Waals surface area contributed by atoms with Crippen LogP contribution in [-0.2, 0) is 0 Å². The Morgan fingerprint density at radius 2 is 1.81 bits per heavy atom. The molecule has 1 aromatic rings. The van der Waals surface area contributed by atoms with Gasteiger partial charge in [0.2, 0.25) is 0 Å². The van der Waals surface area contributed by atoms with Gasteiger partial charge < -0.3 is 10.8 Å². The molecule has 0 saturated carbocycles. The highest BCUT2D eigenvalue weighted by molar-refractivity contribution is 5.85. The minimum Gasteiger partial charge on any atom is -0.396 e. The lowest BCUT2D eigenvalue weighted by molar-refractivity contribution is 0.132. The molecule has 0 unspecified atom stereocenters. The van der Waals surface area contributed by atoms with Crippen LogP contribution >= 0.6 is 12.4 Å². The second-order valence-electron chi connectivity index (χ2n) is 4.97. The molecule has 0 amide bonds. The van der Waals surface area contributed by atoms with Gasteiger partial charge in [-0.15, -0.1) is 12.4 Å². The van der Waals surface area contributed by atoms with Crippen LogP contribution in [0.3, 0.4) is 0 Å². The third-order valence-corrected chi connectivity index (χ3v) is 3.14. The maximum Gasteiger partial charge on any atom is 0.0500 e. The van der Waals surface area contributed by atoms with Gasteiger partial charge in [0, 0.05) is 18.1 Å². The molecule has 92 valence electrons. The van der Waals surface area contributed by atoms with E-state index in [0.29, 0.717) is 0 Å². The van der Waals surface area contributed by atoms with Crippen molar-refractivity contribution in [2.75, 3.05) is 6.61 Å². The molecule has 0 aromatic heterocycles. The Morgan fingerprint density at radius 3 is 2.25 bits per heavy atom.